The van der Waals surface area contributed by atoms with E-state index in [2.05, 4.69) is 58.1 Å². The summed E-state index contributed by atoms with van der Waals surface area (Å²) in [7, 11) is 0. The molecule has 3 saturated heterocycles. The van der Waals surface area contributed by atoms with Gasteiger partial charge in [0.1, 0.15) is 5.82 Å². The van der Waals surface area contributed by atoms with Gasteiger partial charge in [0.2, 0.25) is 11.8 Å². The first kappa shape index (κ1) is 24.2. The minimum absolute atomic E-state index is 0.0166. The zero-order chi connectivity index (χ0) is 25.5. The molecule has 0 aliphatic carbocycles. The van der Waals surface area contributed by atoms with E-state index in [4.69, 9.17) is 4.98 Å². The molecule has 3 fully saturated rings. The Bertz CT molecular complexity index is 1270. The van der Waals surface area contributed by atoms with Crippen molar-refractivity contribution in [1.29, 1.82) is 0 Å². The van der Waals surface area contributed by atoms with E-state index < -0.39 is 0 Å². The predicted octanol–water partition coefficient (Wildman–Crippen LogP) is 4.24. The van der Waals surface area contributed by atoms with Crippen LogP contribution in [-0.4, -0.2) is 62.9 Å². The fourth-order valence-corrected chi connectivity index (χ4v) is 6.92. The fourth-order valence-electron chi connectivity index (χ4n) is 6.92. The molecule has 2 bridgehead atoms. The van der Waals surface area contributed by atoms with Crippen LogP contribution in [-0.2, 0) is 9.59 Å². The van der Waals surface area contributed by atoms with Crippen LogP contribution in [0.15, 0.2) is 54.6 Å². The van der Waals surface area contributed by atoms with E-state index in [0.29, 0.717) is 31.2 Å². The number of rotatable bonds is 7. The smallest absolute Gasteiger partial charge is 0.227 e. The Balaban J connectivity index is 1.12. The molecule has 2 aromatic carbocycles. The molecule has 6 rings (SSSR count). The number of para-hydroxylation sites is 2. The lowest BCUT2D eigenvalue weighted by molar-refractivity contribution is -0.141. The first-order valence-electron chi connectivity index (χ1n) is 13.8. The summed E-state index contributed by atoms with van der Waals surface area (Å²) < 4.78 is 2.48. The second-order valence-electron chi connectivity index (χ2n) is 11.1. The number of aryl methyl sites for hydroxylation is 1. The summed E-state index contributed by atoms with van der Waals surface area (Å²) in [6.45, 7) is 5.75. The van der Waals surface area contributed by atoms with Crippen LogP contribution in [0.3, 0.4) is 0 Å². The average Bonchev–Trinajstić information content (AvgIpc) is 3.31. The van der Waals surface area contributed by atoms with Crippen molar-refractivity contribution in [3.8, 4) is 0 Å². The van der Waals surface area contributed by atoms with Gasteiger partial charge < -0.3 is 14.8 Å². The molecule has 3 aliphatic rings. The summed E-state index contributed by atoms with van der Waals surface area (Å²) in [5.74, 6) is 1.12. The van der Waals surface area contributed by atoms with Crippen molar-refractivity contribution in [2.24, 2.45) is 5.92 Å². The second-order valence-corrected chi connectivity index (χ2v) is 11.1. The van der Waals surface area contributed by atoms with E-state index in [1.165, 1.54) is 18.4 Å². The van der Waals surface area contributed by atoms with Gasteiger partial charge in [0.15, 0.2) is 0 Å². The van der Waals surface area contributed by atoms with Gasteiger partial charge in [0.25, 0.3) is 0 Å². The zero-order valence-corrected chi connectivity index (χ0v) is 21.8. The number of carbonyl (C=O) groups excluding carboxylic acids is 2. The Kier molecular flexibility index (Phi) is 6.49. The van der Waals surface area contributed by atoms with Crippen LogP contribution in [0, 0.1) is 12.8 Å². The molecule has 1 N–H and O–H groups in total. The monoisotopic (exact) mass is 499 g/mol. The predicted molar refractivity (Wildman–Crippen MR) is 144 cm³/mol. The highest BCUT2D eigenvalue weighted by Gasteiger charge is 2.42. The van der Waals surface area contributed by atoms with Crippen LogP contribution in [0.25, 0.3) is 11.0 Å². The van der Waals surface area contributed by atoms with Gasteiger partial charge in [-0.2, -0.15) is 0 Å². The third kappa shape index (κ3) is 4.65. The Morgan fingerprint density at radius 1 is 0.973 bits per heavy atom. The maximum atomic E-state index is 13.0. The summed E-state index contributed by atoms with van der Waals surface area (Å²) in [6, 6.07) is 20.5. The summed E-state index contributed by atoms with van der Waals surface area (Å²) in [5.41, 5.74) is 3.50. The molecule has 3 aromatic rings. The number of amides is 2. The van der Waals surface area contributed by atoms with Gasteiger partial charge in [-0.1, -0.05) is 42.5 Å². The lowest BCUT2D eigenvalue weighted by Crippen LogP contribution is -2.55. The molecule has 37 heavy (non-hydrogen) atoms. The van der Waals surface area contributed by atoms with Crippen LogP contribution >= 0.6 is 0 Å². The number of imidazole rings is 1. The van der Waals surface area contributed by atoms with E-state index in [1.807, 2.05) is 18.2 Å². The number of carbonyl (C=O) groups is 2. The minimum Gasteiger partial charge on any atom is -0.349 e. The zero-order valence-electron chi connectivity index (χ0n) is 21.8. The van der Waals surface area contributed by atoms with Gasteiger partial charge in [-0.05, 0) is 56.7 Å². The number of hydrogen-bond donors (Lipinski definition) is 1. The first-order valence-corrected chi connectivity index (χ1v) is 13.8. The summed E-state index contributed by atoms with van der Waals surface area (Å²) in [6.07, 6.45) is 5.70. The molecule has 0 radical (unpaired) electrons. The molecule has 7 heteroatoms. The van der Waals surface area contributed by atoms with E-state index in [-0.39, 0.29) is 23.8 Å². The number of aromatic nitrogens is 2. The highest BCUT2D eigenvalue weighted by atomic mass is 16.2. The van der Waals surface area contributed by atoms with Crippen molar-refractivity contribution in [3.05, 3.63) is 66.0 Å². The second kappa shape index (κ2) is 9.93. The molecule has 3 aliphatic heterocycles. The van der Waals surface area contributed by atoms with Crippen LogP contribution in [0.2, 0.25) is 0 Å². The molecule has 4 atom stereocenters. The fraction of sp³-hybridized carbons (Fsp3) is 0.500. The van der Waals surface area contributed by atoms with Gasteiger partial charge in [-0.3, -0.25) is 14.5 Å². The third-order valence-electron chi connectivity index (χ3n) is 8.89. The Labute approximate surface area is 218 Å². The summed E-state index contributed by atoms with van der Waals surface area (Å²) in [5, 5.41) is 3.33. The van der Waals surface area contributed by atoms with Crippen molar-refractivity contribution < 1.29 is 9.59 Å². The van der Waals surface area contributed by atoms with Gasteiger partial charge in [0.05, 0.1) is 23.0 Å². The Morgan fingerprint density at radius 3 is 2.35 bits per heavy atom. The van der Waals surface area contributed by atoms with Crippen LogP contribution in [0.1, 0.15) is 62.5 Å². The SMILES string of the molecule is CC(=O)N1CC(C(=O)N[C@@H](CCN2[C@@H]3CC[C@H]2C[C@@H](n2c(C)nc4ccccc42)C3)c2ccccc2)C1. The molecule has 1 aromatic heterocycles. The topological polar surface area (TPSA) is 70.5 Å². The summed E-state index contributed by atoms with van der Waals surface area (Å²) >= 11 is 0. The number of nitrogens with zero attached hydrogens (tertiary/aromatic N) is 4. The molecule has 2 amide bonds. The molecule has 4 heterocycles. The molecule has 0 unspecified atom stereocenters. The maximum absolute atomic E-state index is 13.0. The Hall–Kier alpha value is -3.19. The highest BCUT2D eigenvalue weighted by Crippen LogP contribution is 2.42. The van der Waals surface area contributed by atoms with Gasteiger partial charge in [-0.25, -0.2) is 4.98 Å². The number of piperidine rings is 1. The van der Waals surface area contributed by atoms with E-state index >= 15 is 0 Å². The van der Waals surface area contributed by atoms with Crippen LogP contribution < -0.4 is 5.32 Å². The third-order valence-corrected chi connectivity index (χ3v) is 8.89. The highest BCUT2D eigenvalue weighted by molar-refractivity contribution is 5.84. The lowest BCUT2D eigenvalue weighted by atomic mass is 9.94. The normalized spacial score (nSPS) is 24.7. The van der Waals surface area contributed by atoms with Gasteiger partial charge >= 0.3 is 0 Å². The molecular weight excluding hydrogens is 462 g/mol. The molecule has 194 valence electrons. The van der Waals surface area contributed by atoms with Gasteiger partial charge in [-0.15, -0.1) is 0 Å². The van der Waals surface area contributed by atoms with Crippen molar-refractivity contribution >= 4 is 22.8 Å². The van der Waals surface area contributed by atoms with E-state index in [9.17, 15) is 9.59 Å². The molecule has 0 spiro atoms. The number of benzene rings is 2. The summed E-state index contributed by atoms with van der Waals surface area (Å²) in [4.78, 5) is 33.8. The number of likely N-dealkylation sites (tertiary alicyclic amines) is 1. The van der Waals surface area contributed by atoms with Crippen molar-refractivity contribution in [2.45, 2.75) is 70.1 Å². The lowest BCUT2D eigenvalue weighted by Gasteiger charge is -2.41. The molecule has 7 nitrogen and oxygen atoms in total. The maximum Gasteiger partial charge on any atom is 0.227 e. The molecule has 0 saturated carbocycles. The number of nitrogens with one attached hydrogen (secondary N) is 1. The van der Waals surface area contributed by atoms with Crippen molar-refractivity contribution in [1.82, 2.24) is 24.7 Å². The van der Waals surface area contributed by atoms with Crippen LogP contribution in [0.4, 0.5) is 0 Å². The average molecular weight is 500 g/mol. The number of fused-ring (bicyclic) bond motifs is 3. The van der Waals surface area contributed by atoms with Crippen molar-refractivity contribution in [2.75, 3.05) is 19.6 Å². The first-order chi connectivity index (χ1) is 18.0. The van der Waals surface area contributed by atoms with E-state index in [0.717, 1.165) is 42.7 Å². The van der Waals surface area contributed by atoms with E-state index in [1.54, 1.807) is 11.8 Å². The minimum atomic E-state index is -0.102. The van der Waals surface area contributed by atoms with Gasteiger partial charge in [0, 0.05) is 44.7 Å². The largest absolute Gasteiger partial charge is 0.349 e. The standard InChI is InChI=1S/C30H37N5O2/c1-20-31-28-10-6-7-11-29(28)35(20)26-16-24-12-13-25(17-26)34(24)15-14-27(22-8-4-3-5-9-22)32-30(37)23-18-33(19-23)21(2)36/h3-11,23-27H,12-19H2,1-2H3,(H,32,37)/t24-,25+,26+,27-/m0/s1. The van der Waals surface area contributed by atoms with Crippen molar-refractivity contribution in [3.63, 3.8) is 0 Å². The Morgan fingerprint density at radius 2 is 1.65 bits per heavy atom. The quantitative estimate of drug-likeness (QED) is 0.528. The number of hydrogen-bond acceptors (Lipinski definition) is 4. The molecular formula is C30H37N5O2. The van der Waals surface area contributed by atoms with Crippen LogP contribution in [0.5, 0.6) is 0 Å².